The number of aromatic nitrogens is 3. The molecular formula is C15H12ClN3. The van der Waals surface area contributed by atoms with Crippen LogP contribution >= 0.6 is 11.6 Å². The summed E-state index contributed by atoms with van der Waals surface area (Å²) < 4.78 is 0. The lowest BCUT2D eigenvalue weighted by Crippen LogP contribution is -1.97. The summed E-state index contributed by atoms with van der Waals surface area (Å²) in [5.74, 6) is 0. The van der Waals surface area contributed by atoms with E-state index in [-0.39, 0.29) is 0 Å². The fourth-order valence-corrected chi connectivity index (χ4v) is 2.32. The predicted octanol–water partition coefficient (Wildman–Crippen LogP) is 3.96. The van der Waals surface area contributed by atoms with Crippen molar-refractivity contribution in [3.8, 4) is 11.3 Å². The summed E-state index contributed by atoms with van der Waals surface area (Å²) in [5, 5.41) is 2.56. The summed E-state index contributed by atoms with van der Waals surface area (Å²) in [6.45, 7) is 3.83. The van der Waals surface area contributed by atoms with Crippen LogP contribution < -0.4 is 0 Å². The lowest BCUT2D eigenvalue weighted by molar-refractivity contribution is 1.05. The summed E-state index contributed by atoms with van der Waals surface area (Å²) in [7, 11) is 0. The van der Waals surface area contributed by atoms with Gasteiger partial charge in [-0.15, -0.1) is 0 Å². The number of hydrogen-bond donors (Lipinski definition) is 0. The third-order valence-corrected chi connectivity index (χ3v) is 3.45. The molecule has 2 aromatic heterocycles. The van der Waals surface area contributed by atoms with Gasteiger partial charge in [0.2, 0.25) is 0 Å². The predicted molar refractivity (Wildman–Crippen MR) is 77.3 cm³/mol. The van der Waals surface area contributed by atoms with Gasteiger partial charge in [0.1, 0.15) is 5.69 Å². The summed E-state index contributed by atoms with van der Waals surface area (Å²) in [5.41, 5.74) is 3.34. The van der Waals surface area contributed by atoms with E-state index in [1.54, 1.807) is 6.20 Å². The van der Waals surface area contributed by atoms with Crippen molar-refractivity contribution in [3.05, 3.63) is 53.2 Å². The Morgan fingerprint density at radius 1 is 0.947 bits per heavy atom. The standard InChI is InChI=1S/C15H12ClN3/c1-9-10(2)19-15(16)14(18-9)13-8-17-7-11-5-3-4-6-12(11)13/h3-8H,1-2H3. The van der Waals surface area contributed by atoms with Crippen LogP contribution in [0.1, 0.15) is 11.4 Å². The van der Waals surface area contributed by atoms with Gasteiger partial charge in [-0.05, 0) is 19.2 Å². The first kappa shape index (κ1) is 12.1. The van der Waals surface area contributed by atoms with Crippen LogP contribution in [0.5, 0.6) is 0 Å². The SMILES string of the molecule is Cc1nc(Cl)c(-c2cncc3ccccc23)nc1C. The largest absolute Gasteiger partial charge is 0.263 e. The zero-order chi connectivity index (χ0) is 13.4. The molecule has 3 nitrogen and oxygen atoms in total. The van der Waals surface area contributed by atoms with Crippen LogP contribution in [0.2, 0.25) is 5.15 Å². The van der Waals surface area contributed by atoms with Crippen LogP contribution in [0.15, 0.2) is 36.7 Å². The van der Waals surface area contributed by atoms with E-state index in [0.717, 1.165) is 27.7 Å². The molecule has 0 unspecified atom stereocenters. The Kier molecular flexibility index (Phi) is 2.91. The molecule has 4 heteroatoms. The molecule has 0 fully saturated rings. The molecule has 0 radical (unpaired) electrons. The van der Waals surface area contributed by atoms with Gasteiger partial charge in [-0.25, -0.2) is 9.97 Å². The Bertz CT molecular complexity index is 763. The Labute approximate surface area is 116 Å². The maximum Gasteiger partial charge on any atom is 0.155 e. The number of rotatable bonds is 1. The molecule has 1 aromatic carbocycles. The molecule has 94 valence electrons. The number of fused-ring (bicyclic) bond motifs is 1. The smallest absolute Gasteiger partial charge is 0.155 e. The summed E-state index contributed by atoms with van der Waals surface area (Å²) in [6, 6.07) is 8.05. The summed E-state index contributed by atoms with van der Waals surface area (Å²) in [6.07, 6.45) is 3.62. The van der Waals surface area contributed by atoms with Crippen molar-refractivity contribution in [2.75, 3.05) is 0 Å². The van der Waals surface area contributed by atoms with Gasteiger partial charge in [0.25, 0.3) is 0 Å². The van der Waals surface area contributed by atoms with Gasteiger partial charge in [0, 0.05) is 23.3 Å². The first-order valence-electron chi connectivity index (χ1n) is 6.00. The van der Waals surface area contributed by atoms with E-state index < -0.39 is 0 Å². The van der Waals surface area contributed by atoms with Crippen molar-refractivity contribution >= 4 is 22.4 Å². The van der Waals surface area contributed by atoms with Gasteiger partial charge in [-0.2, -0.15) is 0 Å². The van der Waals surface area contributed by atoms with Crippen molar-refractivity contribution < 1.29 is 0 Å². The number of halogens is 1. The molecule has 0 aliphatic rings. The molecule has 0 amide bonds. The Morgan fingerprint density at radius 2 is 1.68 bits per heavy atom. The Balaban J connectivity index is 2.33. The molecular weight excluding hydrogens is 258 g/mol. The monoisotopic (exact) mass is 269 g/mol. The van der Waals surface area contributed by atoms with Gasteiger partial charge in [-0.3, -0.25) is 4.98 Å². The molecule has 2 heterocycles. The summed E-state index contributed by atoms with van der Waals surface area (Å²) >= 11 is 6.24. The molecule has 3 aromatic rings. The highest BCUT2D eigenvalue weighted by Crippen LogP contribution is 2.30. The maximum atomic E-state index is 6.24. The second-order valence-electron chi connectivity index (χ2n) is 4.44. The Hall–Kier alpha value is -2.00. The fraction of sp³-hybridized carbons (Fsp3) is 0.133. The molecule has 0 aliphatic heterocycles. The van der Waals surface area contributed by atoms with Crippen molar-refractivity contribution in [2.24, 2.45) is 0 Å². The van der Waals surface area contributed by atoms with Gasteiger partial charge in [0.15, 0.2) is 5.15 Å². The molecule has 0 bridgehead atoms. The van der Waals surface area contributed by atoms with Gasteiger partial charge in [-0.1, -0.05) is 35.9 Å². The lowest BCUT2D eigenvalue weighted by Gasteiger charge is -2.09. The zero-order valence-electron chi connectivity index (χ0n) is 10.7. The van der Waals surface area contributed by atoms with E-state index in [4.69, 9.17) is 11.6 Å². The molecule has 3 rings (SSSR count). The lowest BCUT2D eigenvalue weighted by atomic mass is 10.1. The van der Waals surface area contributed by atoms with E-state index >= 15 is 0 Å². The molecule has 0 N–H and O–H groups in total. The van der Waals surface area contributed by atoms with Crippen LogP contribution in [-0.4, -0.2) is 15.0 Å². The highest BCUT2D eigenvalue weighted by molar-refractivity contribution is 6.32. The highest BCUT2D eigenvalue weighted by Gasteiger charge is 2.12. The molecule has 0 saturated carbocycles. The minimum Gasteiger partial charge on any atom is -0.263 e. The van der Waals surface area contributed by atoms with Crippen LogP contribution in [0.3, 0.4) is 0 Å². The van der Waals surface area contributed by atoms with Crippen molar-refractivity contribution in [1.29, 1.82) is 0 Å². The Morgan fingerprint density at radius 3 is 2.53 bits per heavy atom. The molecule has 0 saturated heterocycles. The van der Waals surface area contributed by atoms with E-state index in [0.29, 0.717) is 10.8 Å². The average molecular weight is 270 g/mol. The third kappa shape index (κ3) is 2.06. The van der Waals surface area contributed by atoms with Crippen LogP contribution in [0.4, 0.5) is 0 Å². The highest BCUT2D eigenvalue weighted by atomic mass is 35.5. The first-order chi connectivity index (χ1) is 9.16. The van der Waals surface area contributed by atoms with Gasteiger partial charge in [0.05, 0.1) is 11.4 Å². The topological polar surface area (TPSA) is 38.7 Å². The fourth-order valence-electron chi connectivity index (χ4n) is 2.05. The van der Waals surface area contributed by atoms with E-state index in [1.807, 2.05) is 44.3 Å². The van der Waals surface area contributed by atoms with Crippen LogP contribution in [0, 0.1) is 13.8 Å². The quantitative estimate of drug-likeness (QED) is 0.671. The second-order valence-corrected chi connectivity index (χ2v) is 4.80. The zero-order valence-corrected chi connectivity index (χ0v) is 11.4. The van der Waals surface area contributed by atoms with Crippen molar-refractivity contribution in [2.45, 2.75) is 13.8 Å². The third-order valence-electron chi connectivity index (χ3n) is 3.19. The van der Waals surface area contributed by atoms with Gasteiger partial charge < -0.3 is 0 Å². The van der Waals surface area contributed by atoms with E-state index in [9.17, 15) is 0 Å². The number of pyridine rings is 1. The maximum absolute atomic E-state index is 6.24. The number of hydrogen-bond acceptors (Lipinski definition) is 3. The number of benzene rings is 1. The second kappa shape index (κ2) is 4.59. The molecule has 19 heavy (non-hydrogen) atoms. The van der Waals surface area contributed by atoms with Crippen LogP contribution in [0.25, 0.3) is 22.0 Å². The molecule has 0 aliphatic carbocycles. The van der Waals surface area contributed by atoms with Crippen molar-refractivity contribution in [3.63, 3.8) is 0 Å². The van der Waals surface area contributed by atoms with E-state index in [2.05, 4.69) is 15.0 Å². The van der Waals surface area contributed by atoms with Crippen molar-refractivity contribution in [1.82, 2.24) is 15.0 Å². The molecule has 0 atom stereocenters. The minimum atomic E-state index is 0.418. The van der Waals surface area contributed by atoms with Crippen LogP contribution in [-0.2, 0) is 0 Å². The van der Waals surface area contributed by atoms with Gasteiger partial charge >= 0.3 is 0 Å². The minimum absolute atomic E-state index is 0.418. The number of aryl methyl sites for hydroxylation is 2. The van der Waals surface area contributed by atoms with E-state index in [1.165, 1.54) is 0 Å². The first-order valence-corrected chi connectivity index (χ1v) is 6.38. The number of nitrogens with zero attached hydrogens (tertiary/aromatic N) is 3. The summed E-state index contributed by atoms with van der Waals surface area (Å²) in [4.78, 5) is 13.1. The normalized spacial score (nSPS) is 10.9. The average Bonchev–Trinajstić information content (AvgIpc) is 2.42. The molecule has 0 spiro atoms.